The normalized spacial score (nSPS) is 17.2. The number of rotatable bonds is 6. The Morgan fingerprint density at radius 3 is 2.58 bits per heavy atom. The van der Waals surface area contributed by atoms with Crippen molar-refractivity contribution < 1.29 is 22.7 Å². The number of carbonyl (C=O) groups excluding carboxylic acids is 1. The molecule has 2 amide bonds. The molecular formula is C11H20F3N3O2. The number of urea groups is 1. The van der Waals surface area contributed by atoms with Crippen molar-refractivity contribution in [2.75, 3.05) is 32.8 Å². The average molecular weight is 283 g/mol. The Morgan fingerprint density at radius 1 is 1.26 bits per heavy atom. The van der Waals surface area contributed by atoms with Crippen molar-refractivity contribution in [3.05, 3.63) is 0 Å². The van der Waals surface area contributed by atoms with E-state index in [-0.39, 0.29) is 6.10 Å². The molecule has 19 heavy (non-hydrogen) atoms. The lowest BCUT2D eigenvalue weighted by Crippen LogP contribution is -2.41. The minimum atomic E-state index is -4.38. The first-order valence-electron chi connectivity index (χ1n) is 6.38. The molecule has 0 aromatic carbocycles. The van der Waals surface area contributed by atoms with E-state index in [2.05, 4.69) is 10.6 Å². The molecule has 1 saturated heterocycles. The van der Waals surface area contributed by atoms with Crippen LogP contribution in [-0.2, 0) is 4.74 Å². The fraction of sp³-hybridized carbons (Fsp3) is 0.909. The summed E-state index contributed by atoms with van der Waals surface area (Å²) in [6.07, 6.45) is -1.60. The quantitative estimate of drug-likeness (QED) is 0.637. The molecule has 5 nitrogen and oxygen atoms in total. The lowest BCUT2D eigenvalue weighted by Gasteiger charge is -2.22. The van der Waals surface area contributed by atoms with Gasteiger partial charge in [-0.2, -0.15) is 13.2 Å². The van der Waals surface area contributed by atoms with E-state index in [1.807, 2.05) is 0 Å². The summed E-state index contributed by atoms with van der Waals surface area (Å²) in [5, 5.41) is 7.31. The summed E-state index contributed by atoms with van der Waals surface area (Å²) < 4.78 is 41.0. The third kappa shape index (κ3) is 8.66. The molecule has 8 heteroatoms. The smallest absolute Gasteiger partial charge is 0.378 e. The maximum absolute atomic E-state index is 11.8. The van der Waals surface area contributed by atoms with E-state index in [1.54, 1.807) is 5.32 Å². The zero-order chi connectivity index (χ0) is 14.1. The van der Waals surface area contributed by atoms with Crippen LogP contribution in [-0.4, -0.2) is 51.1 Å². The zero-order valence-corrected chi connectivity index (χ0v) is 10.7. The Labute approximate surface area is 110 Å². The number of nitrogens with one attached hydrogen (secondary N) is 3. The molecule has 0 bridgehead atoms. The van der Waals surface area contributed by atoms with E-state index in [0.717, 1.165) is 25.9 Å². The Kier molecular flexibility index (Phi) is 6.93. The van der Waals surface area contributed by atoms with Gasteiger partial charge in [-0.15, -0.1) is 0 Å². The minimum absolute atomic E-state index is 0.250. The first-order valence-corrected chi connectivity index (χ1v) is 6.38. The van der Waals surface area contributed by atoms with Gasteiger partial charge in [-0.3, -0.25) is 0 Å². The predicted molar refractivity (Wildman–Crippen MR) is 63.9 cm³/mol. The third-order valence-electron chi connectivity index (χ3n) is 2.70. The molecule has 0 atom stereocenters. The summed E-state index contributed by atoms with van der Waals surface area (Å²) in [6, 6.07) is -0.806. The van der Waals surface area contributed by atoms with E-state index in [9.17, 15) is 18.0 Å². The standard InChI is InChI=1S/C11H20F3N3O2/c12-11(13,14)8-17-10(18)16-4-1-7-19-9-2-5-15-6-3-9/h9,15H,1-8H2,(H2,16,17,18). The van der Waals surface area contributed by atoms with Crippen LogP contribution in [0.3, 0.4) is 0 Å². The molecule has 0 aromatic rings. The van der Waals surface area contributed by atoms with Crippen LogP contribution >= 0.6 is 0 Å². The number of hydrogen-bond donors (Lipinski definition) is 3. The first-order chi connectivity index (χ1) is 8.97. The topological polar surface area (TPSA) is 62.4 Å². The van der Waals surface area contributed by atoms with Gasteiger partial charge in [-0.25, -0.2) is 4.79 Å². The van der Waals surface area contributed by atoms with Crippen LogP contribution in [0.1, 0.15) is 19.3 Å². The number of ether oxygens (including phenoxy) is 1. The summed E-state index contributed by atoms with van der Waals surface area (Å²) in [5.41, 5.74) is 0. The molecule has 1 aliphatic rings. The largest absolute Gasteiger partial charge is 0.405 e. The summed E-state index contributed by atoms with van der Waals surface area (Å²) in [7, 11) is 0. The minimum Gasteiger partial charge on any atom is -0.378 e. The van der Waals surface area contributed by atoms with Gasteiger partial charge in [-0.1, -0.05) is 0 Å². The van der Waals surface area contributed by atoms with E-state index in [1.165, 1.54) is 0 Å². The van der Waals surface area contributed by atoms with Crippen molar-refractivity contribution in [1.29, 1.82) is 0 Å². The summed E-state index contributed by atoms with van der Waals surface area (Å²) in [5.74, 6) is 0. The summed E-state index contributed by atoms with van der Waals surface area (Å²) >= 11 is 0. The van der Waals surface area contributed by atoms with E-state index in [0.29, 0.717) is 19.6 Å². The van der Waals surface area contributed by atoms with Crippen LogP contribution in [0.25, 0.3) is 0 Å². The van der Waals surface area contributed by atoms with Crippen molar-refractivity contribution in [3.8, 4) is 0 Å². The van der Waals surface area contributed by atoms with Crippen LogP contribution in [0.4, 0.5) is 18.0 Å². The van der Waals surface area contributed by atoms with Crippen molar-refractivity contribution in [2.45, 2.75) is 31.5 Å². The molecule has 0 spiro atoms. The fourth-order valence-electron chi connectivity index (χ4n) is 1.73. The molecule has 3 N–H and O–H groups in total. The number of amides is 2. The van der Waals surface area contributed by atoms with Gasteiger partial charge in [0.05, 0.1) is 6.10 Å². The summed E-state index contributed by atoms with van der Waals surface area (Å²) in [6.45, 7) is 1.38. The van der Waals surface area contributed by atoms with Crippen LogP contribution in [0.15, 0.2) is 0 Å². The molecule has 0 aliphatic carbocycles. The Bertz CT molecular complexity index is 268. The highest BCUT2D eigenvalue weighted by molar-refractivity contribution is 5.73. The maximum atomic E-state index is 11.8. The summed E-state index contributed by atoms with van der Waals surface area (Å²) in [4.78, 5) is 11.0. The SMILES string of the molecule is O=C(NCCCOC1CCNCC1)NCC(F)(F)F. The zero-order valence-electron chi connectivity index (χ0n) is 10.7. The highest BCUT2D eigenvalue weighted by Gasteiger charge is 2.27. The first kappa shape index (κ1) is 16.0. The van der Waals surface area contributed by atoms with Crippen LogP contribution in [0, 0.1) is 0 Å². The van der Waals surface area contributed by atoms with Gasteiger partial charge in [0.1, 0.15) is 6.54 Å². The number of carbonyl (C=O) groups is 1. The highest BCUT2D eigenvalue weighted by Crippen LogP contribution is 2.11. The van der Waals surface area contributed by atoms with Crippen LogP contribution in [0.2, 0.25) is 0 Å². The molecule has 1 aliphatic heterocycles. The van der Waals surface area contributed by atoms with Gasteiger partial charge in [0.15, 0.2) is 0 Å². The second-order valence-corrected chi connectivity index (χ2v) is 4.40. The second kappa shape index (κ2) is 8.21. The number of hydrogen-bond acceptors (Lipinski definition) is 3. The van der Waals surface area contributed by atoms with Crippen molar-refractivity contribution >= 4 is 6.03 Å². The predicted octanol–water partition coefficient (Wildman–Crippen LogP) is 1.01. The monoisotopic (exact) mass is 283 g/mol. The Hall–Kier alpha value is -1.02. The van der Waals surface area contributed by atoms with E-state index < -0.39 is 18.8 Å². The Balaban J connectivity index is 1.93. The Morgan fingerprint density at radius 2 is 1.95 bits per heavy atom. The van der Waals surface area contributed by atoms with Crippen molar-refractivity contribution in [3.63, 3.8) is 0 Å². The van der Waals surface area contributed by atoms with Gasteiger partial charge < -0.3 is 20.7 Å². The molecule has 0 aromatic heterocycles. The van der Waals surface area contributed by atoms with Crippen LogP contribution < -0.4 is 16.0 Å². The molecule has 0 radical (unpaired) electrons. The lowest BCUT2D eigenvalue weighted by atomic mass is 10.1. The molecule has 0 unspecified atom stereocenters. The number of halogens is 3. The number of piperidine rings is 1. The lowest BCUT2D eigenvalue weighted by molar-refractivity contribution is -0.122. The van der Waals surface area contributed by atoms with Crippen LogP contribution in [0.5, 0.6) is 0 Å². The van der Waals surface area contributed by atoms with Gasteiger partial charge in [0, 0.05) is 13.2 Å². The molecule has 1 heterocycles. The molecule has 112 valence electrons. The molecule has 1 rings (SSSR count). The van der Waals surface area contributed by atoms with E-state index >= 15 is 0 Å². The van der Waals surface area contributed by atoms with E-state index in [4.69, 9.17) is 4.74 Å². The van der Waals surface area contributed by atoms with Crippen molar-refractivity contribution in [1.82, 2.24) is 16.0 Å². The third-order valence-corrected chi connectivity index (χ3v) is 2.70. The molecule has 1 fully saturated rings. The molecule has 0 saturated carbocycles. The second-order valence-electron chi connectivity index (χ2n) is 4.40. The maximum Gasteiger partial charge on any atom is 0.405 e. The number of alkyl halides is 3. The van der Waals surface area contributed by atoms with Crippen molar-refractivity contribution in [2.24, 2.45) is 0 Å². The van der Waals surface area contributed by atoms with Gasteiger partial charge >= 0.3 is 12.2 Å². The molecular weight excluding hydrogens is 263 g/mol. The highest BCUT2D eigenvalue weighted by atomic mass is 19.4. The fourth-order valence-corrected chi connectivity index (χ4v) is 1.73. The van der Waals surface area contributed by atoms with Gasteiger partial charge in [0.25, 0.3) is 0 Å². The van der Waals surface area contributed by atoms with Gasteiger partial charge in [0.2, 0.25) is 0 Å². The van der Waals surface area contributed by atoms with Gasteiger partial charge in [-0.05, 0) is 32.4 Å². The average Bonchev–Trinajstić information content (AvgIpc) is 2.36.